The van der Waals surface area contributed by atoms with Crippen molar-refractivity contribution in [3.05, 3.63) is 29.8 Å². The molecule has 0 bridgehead atoms. The van der Waals surface area contributed by atoms with Gasteiger partial charge in [0.15, 0.2) is 0 Å². The molecule has 2 N–H and O–H groups in total. The van der Waals surface area contributed by atoms with Crippen molar-refractivity contribution in [1.29, 1.82) is 0 Å². The Bertz CT molecular complexity index is 447. The van der Waals surface area contributed by atoms with Gasteiger partial charge in [0.05, 0.1) is 0 Å². The van der Waals surface area contributed by atoms with Gasteiger partial charge in [0.1, 0.15) is 0 Å². The Balaban J connectivity index is 2.41. The molecule has 3 nitrogen and oxygen atoms in total. The zero-order chi connectivity index (χ0) is 15.9. The van der Waals surface area contributed by atoms with Gasteiger partial charge in [-0.05, 0) is 29.4 Å². The summed E-state index contributed by atoms with van der Waals surface area (Å²) >= 11 is 0. The third-order valence-corrected chi connectivity index (χ3v) is 3.45. The van der Waals surface area contributed by atoms with Gasteiger partial charge in [0.25, 0.3) is 0 Å². The SMILES string of the molecule is CC(C)CCNC(=O)CCNc1ccccc1C(C)(C)C. The van der Waals surface area contributed by atoms with Gasteiger partial charge < -0.3 is 10.6 Å². The molecule has 0 fully saturated rings. The molecule has 0 saturated heterocycles. The lowest BCUT2D eigenvalue weighted by Gasteiger charge is -2.23. The first-order valence-corrected chi connectivity index (χ1v) is 7.91. The Hall–Kier alpha value is -1.51. The molecule has 0 aliphatic rings. The number of hydrogen-bond donors (Lipinski definition) is 2. The van der Waals surface area contributed by atoms with E-state index < -0.39 is 0 Å². The topological polar surface area (TPSA) is 41.1 Å². The van der Waals surface area contributed by atoms with Crippen LogP contribution in [0.5, 0.6) is 0 Å². The fourth-order valence-electron chi connectivity index (χ4n) is 2.19. The zero-order valence-electron chi connectivity index (χ0n) is 14.1. The number of hydrogen-bond acceptors (Lipinski definition) is 2. The molecule has 1 aromatic carbocycles. The van der Waals surface area contributed by atoms with Crippen molar-refractivity contribution in [2.45, 2.75) is 52.9 Å². The molecule has 0 aromatic heterocycles. The summed E-state index contributed by atoms with van der Waals surface area (Å²) in [4.78, 5) is 11.7. The lowest BCUT2D eigenvalue weighted by molar-refractivity contribution is -0.120. The highest BCUT2D eigenvalue weighted by Gasteiger charge is 2.17. The van der Waals surface area contributed by atoms with Gasteiger partial charge in [0.2, 0.25) is 5.91 Å². The third kappa shape index (κ3) is 6.65. The monoisotopic (exact) mass is 290 g/mol. The van der Waals surface area contributed by atoms with E-state index in [0.717, 1.165) is 18.7 Å². The van der Waals surface area contributed by atoms with Gasteiger partial charge >= 0.3 is 0 Å². The van der Waals surface area contributed by atoms with Crippen molar-refractivity contribution < 1.29 is 4.79 Å². The van der Waals surface area contributed by atoms with E-state index in [1.807, 2.05) is 6.07 Å². The summed E-state index contributed by atoms with van der Waals surface area (Å²) in [5, 5.41) is 6.36. The lowest BCUT2D eigenvalue weighted by atomic mass is 9.86. The molecule has 0 radical (unpaired) electrons. The maximum Gasteiger partial charge on any atom is 0.221 e. The molecule has 1 rings (SSSR count). The molecule has 118 valence electrons. The van der Waals surface area contributed by atoms with Crippen molar-refractivity contribution in [3.63, 3.8) is 0 Å². The van der Waals surface area contributed by atoms with Crippen LogP contribution in [-0.4, -0.2) is 19.0 Å². The predicted octanol–water partition coefficient (Wildman–Crippen LogP) is 3.95. The number of benzene rings is 1. The fraction of sp³-hybridized carbons (Fsp3) is 0.611. The minimum absolute atomic E-state index is 0.100. The molecule has 3 heteroatoms. The summed E-state index contributed by atoms with van der Waals surface area (Å²) in [6.45, 7) is 12.4. The molecule has 0 spiro atoms. The van der Waals surface area contributed by atoms with Crippen LogP contribution in [-0.2, 0) is 10.2 Å². The normalized spacial score (nSPS) is 11.5. The fourth-order valence-corrected chi connectivity index (χ4v) is 2.19. The maximum absolute atomic E-state index is 11.7. The Kier molecular flexibility index (Phi) is 6.73. The van der Waals surface area contributed by atoms with E-state index in [1.54, 1.807) is 0 Å². The molecular formula is C18H30N2O. The second kappa shape index (κ2) is 8.06. The molecule has 21 heavy (non-hydrogen) atoms. The third-order valence-electron chi connectivity index (χ3n) is 3.45. The van der Waals surface area contributed by atoms with Crippen LogP contribution in [0.15, 0.2) is 24.3 Å². The maximum atomic E-state index is 11.7. The second-order valence-electron chi connectivity index (χ2n) is 7.00. The van der Waals surface area contributed by atoms with Crippen LogP contribution in [0.25, 0.3) is 0 Å². The Morgan fingerprint density at radius 2 is 1.81 bits per heavy atom. The van der Waals surface area contributed by atoms with Crippen LogP contribution in [0.1, 0.15) is 53.0 Å². The molecule has 0 unspecified atom stereocenters. The molecule has 0 heterocycles. The number of para-hydroxylation sites is 1. The number of amides is 1. The van der Waals surface area contributed by atoms with Crippen LogP contribution in [0.2, 0.25) is 0 Å². The van der Waals surface area contributed by atoms with E-state index in [1.165, 1.54) is 5.56 Å². The molecule has 1 amide bonds. The summed E-state index contributed by atoms with van der Waals surface area (Å²) in [5.74, 6) is 0.749. The second-order valence-corrected chi connectivity index (χ2v) is 7.00. The molecule has 0 aliphatic carbocycles. The smallest absolute Gasteiger partial charge is 0.221 e. The van der Waals surface area contributed by atoms with Crippen LogP contribution in [0.3, 0.4) is 0 Å². The Morgan fingerprint density at radius 3 is 2.43 bits per heavy atom. The predicted molar refractivity (Wildman–Crippen MR) is 90.7 cm³/mol. The van der Waals surface area contributed by atoms with E-state index in [9.17, 15) is 4.79 Å². The van der Waals surface area contributed by atoms with E-state index >= 15 is 0 Å². The highest BCUT2D eigenvalue weighted by molar-refractivity contribution is 5.76. The first-order valence-electron chi connectivity index (χ1n) is 7.91. The highest BCUT2D eigenvalue weighted by Crippen LogP contribution is 2.29. The van der Waals surface area contributed by atoms with E-state index in [0.29, 0.717) is 18.9 Å². The first-order chi connectivity index (χ1) is 9.80. The largest absolute Gasteiger partial charge is 0.384 e. The van der Waals surface area contributed by atoms with Gasteiger partial charge in [-0.1, -0.05) is 52.8 Å². The first kappa shape index (κ1) is 17.5. The van der Waals surface area contributed by atoms with E-state index in [4.69, 9.17) is 0 Å². The quantitative estimate of drug-likeness (QED) is 0.798. The number of carbonyl (C=O) groups excluding carboxylic acids is 1. The summed E-state index contributed by atoms with van der Waals surface area (Å²) in [7, 11) is 0. The summed E-state index contributed by atoms with van der Waals surface area (Å²) in [5.41, 5.74) is 2.51. The van der Waals surface area contributed by atoms with E-state index in [-0.39, 0.29) is 11.3 Å². The average molecular weight is 290 g/mol. The van der Waals surface area contributed by atoms with Crippen molar-refractivity contribution >= 4 is 11.6 Å². The van der Waals surface area contributed by atoms with Crippen LogP contribution >= 0.6 is 0 Å². The molecule has 1 aromatic rings. The standard InChI is InChI=1S/C18H30N2O/c1-14(2)10-12-20-17(21)11-13-19-16-9-7-6-8-15(16)18(3,4)5/h6-9,14,19H,10-13H2,1-5H3,(H,20,21). The summed E-state index contributed by atoms with van der Waals surface area (Å²) in [6, 6.07) is 8.31. The van der Waals surface area contributed by atoms with Crippen LogP contribution < -0.4 is 10.6 Å². The Labute approximate surface area is 129 Å². The minimum atomic E-state index is 0.100. The molecule has 0 atom stereocenters. The van der Waals surface area contributed by atoms with Crippen LogP contribution in [0, 0.1) is 5.92 Å². The van der Waals surface area contributed by atoms with Gasteiger partial charge in [-0.3, -0.25) is 4.79 Å². The molecular weight excluding hydrogens is 260 g/mol. The van der Waals surface area contributed by atoms with E-state index in [2.05, 4.69) is 63.5 Å². The zero-order valence-corrected chi connectivity index (χ0v) is 14.1. The van der Waals surface area contributed by atoms with Crippen molar-refractivity contribution in [1.82, 2.24) is 5.32 Å². The molecule has 0 aliphatic heterocycles. The minimum Gasteiger partial charge on any atom is -0.384 e. The average Bonchev–Trinajstić information content (AvgIpc) is 2.37. The lowest BCUT2D eigenvalue weighted by Crippen LogP contribution is -2.27. The highest BCUT2D eigenvalue weighted by atomic mass is 16.1. The van der Waals surface area contributed by atoms with Crippen molar-refractivity contribution in [2.24, 2.45) is 5.92 Å². The van der Waals surface area contributed by atoms with Gasteiger partial charge in [-0.15, -0.1) is 0 Å². The van der Waals surface area contributed by atoms with Crippen molar-refractivity contribution in [3.8, 4) is 0 Å². The summed E-state index contributed by atoms with van der Waals surface area (Å²) in [6.07, 6.45) is 1.54. The molecule has 0 saturated carbocycles. The van der Waals surface area contributed by atoms with Gasteiger partial charge in [-0.25, -0.2) is 0 Å². The number of anilines is 1. The number of carbonyl (C=O) groups is 1. The number of rotatable bonds is 7. The Morgan fingerprint density at radius 1 is 1.14 bits per heavy atom. The van der Waals surface area contributed by atoms with Gasteiger partial charge in [0, 0.05) is 25.2 Å². The summed E-state index contributed by atoms with van der Waals surface area (Å²) < 4.78 is 0. The number of nitrogens with one attached hydrogen (secondary N) is 2. The van der Waals surface area contributed by atoms with Gasteiger partial charge in [-0.2, -0.15) is 0 Å². The van der Waals surface area contributed by atoms with Crippen molar-refractivity contribution in [2.75, 3.05) is 18.4 Å². The van der Waals surface area contributed by atoms with Crippen LogP contribution in [0.4, 0.5) is 5.69 Å².